The molecular weight excluding hydrogens is 444 g/mol. The zero-order valence-electron chi connectivity index (χ0n) is 18.1. The van der Waals surface area contributed by atoms with Crippen LogP contribution in [-0.4, -0.2) is 35.9 Å². The highest BCUT2D eigenvalue weighted by molar-refractivity contribution is 7.22. The number of aliphatic hydroxyl groups is 1. The van der Waals surface area contributed by atoms with Crippen LogP contribution < -0.4 is 15.4 Å². The number of aliphatic hydroxyl groups excluding tert-OH is 1. The molecule has 0 amide bonds. The van der Waals surface area contributed by atoms with E-state index in [9.17, 15) is 13.9 Å². The minimum atomic E-state index is -0.839. The van der Waals surface area contributed by atoms with Gasteiger partial charge in [0.15, 0.2) is 5.13 Å². The van der Waals surface area contributed by atoms with E-state index in [1.165, 1.54) is 23.5 Å². The van der Waals surface area contributed by atoms with Gasteiger partial charge in [0.05, 0.1) is 29.5 Å². The average Bonchev–Trinajstić information content (AvgIpc) is 3.20. The molecule has 172 valence electrons. The number of anilines is 1. The summed E-state index contributed by atoms with van der Waals surface area (Å²) in [6.45, 7) is 0.814. The molecule has 8 heteroatoms. The second kappa shape index (κ2) is 10.7. The van der Waals surface area contributed by atoms with Crippen LogP contribution in [0.1, 0.15) is 11.1 Å². The molecule has 3 N–H and O–H groups in total. The summed E-state index contributed by atoms with van der Waals surface area (Å²) in [6.07, 6.45) is -0.610. The molecule has 3 aromatic carbocycles. The Morgan fingerprint density at radius 3 is 2.55 bits per heavy atom. The first kappa shape index (κ1) is 23.1. The summed E-state index contributed by atoms with van der Waals surface area (Å²) in [6, 6.07) is 18.3. The van der Waals surface area contributed by atoms with Crippen LogP contribution >= 0.6 is 11.3 Å². The van der Waals surface area contributed by atoms with Crippen molar-refractivity contribution < 1.29 is 18.6 Å². The maximum absolute atomic E-state index is 13.7. The number of nitrogens with one attached hydrogen (secondary N) is 2. The molecule has 5 nitrogen and oxygen atoms in total. The number of rotatable bonds is 10. The van der Waals surface area contributed by atoms with Crippen LogP contribution in [0, 0.1) is 11.6 Å². The standard InChI is InChI=1S/C25H25F2N3O2S/c1-32-20-6-4-5-16(11-20)14-28-15-23(31)22(12-17-9-18(26)13-19(27)10-17)30-25-29-21-7-2-3-8-24(21)33-25/h2-11,13,22-23,28,31H,12,14-15H2,1H3,(H,29,30). The van der Waals surface area contributed by atoms with Crippen molar-refractivity contribution >= 4 is 26.7 Å². The number of fused-ring (bicyclic) bond motifs is 1. The lowest BCUT2D eigenvalue weighted by Gasteiger charge is -2.24. The maximum Gasteiger partial charge on any atom is 0.184 e. The molecule has 1 heterocycles. The van der Waals surface area contributed by atoms with Crippen molar-refractivity contribution in [2.24, 2.45) is 0 Å². The van der Waals surface area contributed by atoms with E-state index in [1.807, 2.05) is 48.5 Å². The number of methoxy groups -OCH3 is 1. The first-order chi connectivity index (χ1) is 16.0. The first-order valence-corrected chi connectivity index (χ1v) is 11.4. The Morgan fingerprint density at radius 2 is 1.79 bits per heavy atom. The van der Waals surface area contributed by atoms with E-state index in [2.05, 4.69) is 15.6 Å². The fourth-order valence-electron chi connectivity index (χ4n) is 3.65. The molecule has 0 aliphatic heterocycles. The van der Waals surface area contributed by atoms with Crippen molar-refractivity contribution in [2.45, 2.75) is 25.1 Å². The van der Waals surface area contributed by atoms with Gasteiger partial charge >= 0.3 is 0 Å². The highest BCUT2D eigenvalue weighted by atomic mass is 32.1. The van der Waals surface area contributed by atoms with Crippen LogP contribution in [-0.2, 0) is 13.0 Å². The molecule has 1 aromatic heterocycles. The van der Waals surface area contributed by atoms with Gasteiger partial charge in [-0.25, -0.2) is 13.8 Å². The Hall–Kier alpha value is -3.07. The van der Waals surface area contributed by atoms with Crippen molar-refractivity contribution in [1.82, 2.24) is 10.3 Å². The highest BCUT2D eigenvalue weighted by Gasteiger charge is 2.22. The normalized spacial score (nSPS) is 13.1. The number of ether oxygens (including phenoxy) is 1. The van der Waals surface area contributed by atoms with E-state index < -0.39 is 23.8 Å². The third kappa shape index (κ3) is 6.25. The molecule has 4 rings (SSSR count). The fourth-order valence-corrected chi connectivity index (χ4v) is 4.58. The number of hydrogen-bond acceptors (Lipinski definition) is 6. The molecule has 2 atom stereocenters. The van der Waals surface area contributed by atoms with E-state index in [0.29, 0.717) is 17.2 Å². The van der Waals surface area contributed by atoms with Crippen LogP contribution in [0.15, 0.2) is 66.7 Å². The van der Waals surface area contributed by atoms with E-state index in [1.54, 1.807) is 7.11 Å². The van der Waals surface area contributed by atoms with Gasteiger partial charge in [0, 0.05) is 19.2 Å². The lowest BCUT2D eigenvalue weighted by Crippen LogP contribution is -2.42. The number of thiazole rings is 1. The minimum absolute atomic E-state index is 0.229. The third-order valence-electron chi connectivity index (χ3n) is 5.26. The molecule has 0 aliphatic rings. The monoisotopic (exact) mass is 469 g/mol. The van der Waals surface area contributed by atoms with Crippen LogP contribution in [0.5, 0.6) is 5.75 Å². The van der Waals surface area contributed by atoms with Crippen molar-refractivity contribution in [3.8, 4) is 5.75 Å². The summed E-state index contributed by atoms with van der Waals surface area (Å²) >= 11 is 1.47. The van der Waals surface area contributed by atoms with Crippen molar-refractivity contribution in [3.05, 3.63) is 89.5 Å². The third-order valence-corrected chi connectivity index (χ3v) is 6.23. The number of para-hydroxylation sites is 1. The van der Waals surface area contributed by atoms with Crippen LogP contribution in [0.2, 0.25) is 0 Å². The lowest BCUT2D eigenvalue weighted by atomic mass is 10.0. The van der Waals surface area contributed by atoms with Gasteiger partial charge in [0.1, 0.15) is 17.4 Å². The van der Waals surface area contributed by atoms with Gasteiger partial charge in [0.2, 0.25) is 0 Å². The quantitative estimate of drug-likeness (QED) is 0.313. The Morgan fingerprint density at radius 1 is 1.00 bits per heavy atom. The molecule has 0 radical (unpaired) electrons. The van der Waals surface area contributed by atoms with Crippen molar-refractivity contribution in [3.63, 3.8) is 0 Å². The molecule has 0 aliphatic carbocycles. The Labute approximate surface area is 195 Å². The number of nitrogens with zero attached hydrogens (tertiary/aromatic N) is 1. The van der Waals surface area contributed by atoms with E-state index in [-0.39, 0.29) is 13.0 Å². The van der Waals surface area contributed by atoms with Gasteiger partial charge in [0.25, 0.3) is 0 Å². The van der Waals surface area contributed by atoms with Gasteiger partial charge in [-0.2, -0.15) is 0 Å². The summed E-state index contributed by atoms with van der Waals surface area (Å²) in [4.78, 5) is 4.57. The maximum atomic E-state index is 13.7. The van der Waals surface area contributed by atoms with Crippen LogP contribution in [0.4, 0.5) is 13.9 Å². The number of aromatic nitrogens is 1. The van der Waals surface area contributed by atoms with Gasteiger partial charge in [-0.05, 0) is 53.9 Å². The summed E-state index contributed by atoms with van der Waals surface area (Å²) in [5, 5.41) is 18.1. The SMILES string of the molecule is COc1cccc(CNCC(O)C(Cc2cc(F)cc(F)c2)Nc2nc3ccccc3s2)c1. The van der Waals surface area contributed by atoms with Gasteiger partial charge in [-0.3, -0.25) is 0 Å². The molecule has 0 fully saturated rings. The number of benzene rings is 3. The van der Waals surface area contributed by atoms with Gasteiger partial charge < -0.3 is 20.5 Å². The summed E-state index contributed by atoms with van der Waals surface area (Å²) in [7, 11) is 1.61. The topological polar surface area (TPSA) is 66.4 Å². The minimum Gasteiger partial charge on any atom is -0.497 e. The van der Waals surface area contributed by atoms with Crippen molar-refractivity contribution in [1.29, 1.82) is 0 Å². The predicted octanol–water partition coefficient (Wildman–Crippen LogP) is 4.76. The smallest absolute Gasteiger partial charge is 0.184 e. The Bertz CT molecular complexity index is 1160. The van der Waals surface area contributed by atoms with E-state index in [0.717, 1.165) is 27.6 Å². The fraction of sp³-hybridized carbons (Fsp3) is 0.240. The summed E-state index contributed by atoms with van der Waals surface area (Å²) < 4.78 is 33.7. The van der Waals surface area contributed by atoms with Crippen LogP contribution in [0.25, 0.3) is 10.2 Å². The largest absolute Gasteiger partial charge is 0.497 e. The molecule has 0 saturated carbocycles. The van der Waals surface area contributed by atoms with Gasteiger partial charge in [-0.15, -0.1) is 0 Å². The zero-order chi connectivity index (χ0) is 23.2. The number of hydrogen-bond donors (Lipinski definition) is 3. The lowest BCUT2D eigenvalue weighted by molar-refractivity contribution is 0.148. The highest BCUT2D eigenvalue weighted by Crippen LogP contribution is 2.27. The molecule has 33 heavy (non-hydrogen) atoms. The molecule has 2 unspecified atom stereocenters. The van der Waals surface area contributed by atoms with Gasteiger partial charge in [-0.1, -0.05) is 35.6 Å². The average molecular weight is 470 g/mol. The predicted molar refractivity (Wildman–Crippen MR) is 128 cm³/mol. The van der Waals surface area contributed by atoms with Crippen LogP contribution in [0.3, 0.4) is 0 Å². The van der Waals surface area contributed by atoms with Crippen molar-refractivity contribution in [2.75, 3.05) is 19.0 Å². The molecule has 0 bridgehead atoms. The molecular formula is C25H25F2N3O2S. The van der Waals surface area contributed by atoms with E-state index >= 15 is 0 Å². The number of halogens is 2. The summed E-state index contributed by atoms with van der Waals surface area (Å²) in [5.41, 5.74) is 2.33. The summed E-state index contributed by atoms with van der Waals surface area (Å²) in [5.74, 6) is -0.526. The molecule has 4 aromatic rings. The Kier molecular flexibility index (Phi) is 7.49. The molecule has 0 saturated heterocycles. The zero-order valence-corrected chi connectivity index (χ0v) is 18.9. The Balaban J connectivity index is 1.47. The first-order valence-electron chi connectivity index (χ1n) is 10.6. The second-order valence-corrected chi connectivity index (χ2v) is 8.80. The molecule has 0 spiro atoms. The second-order valence-electron chi connectivity index (χ2n) is 7.77. The van der Waals surface area contributed by atoms with E-state index in [4.69, 9.17) is 4.74 Å².